The van der Waals surface area contributed by atoms with Crippen LogP contribution in [-0.4, -0.2) is 52.3 Å². The zero-order chi connectivity index (χ0) is 24.0. The number of urea groups is 1. The molecule has 10 heteroatoms. The van der Waals surface area contributed by atoms with Crippen LogP contribution in [0.2, 0.25) is 0 Å². The predicted octanol–water partition coefficient (Wildman–Crippen LogP) is 3.75. The second-order valence-corrected chi connectivity index (χ2v) is 9.83. The van der Waals surface area contributed by atoms with Gasteiger partial charge in [0, 0.05) is 24.6 Å². The molecule has 4 amide bonds. The number of aromatic nitrogens is 1. The van der Waals surface area contributed by atoms with E-state index in [1.807, 2.05) is 24.3 Å². The maximum atomic E-state index is 14.4. The molecule has 1 aromatic heterocycles. The van der Waals surface area contributed by atoms with Crippen LogP contribution < -0.4 is 5.32 Å². The molecule has 0 radical (unpaired) electrons. The van der Waals surface area contributed by atoms with Crippen molar-refractivity contribution in [2.24, 2.45) is 0 Å². The highest BCUT2D eigenvalue weighted by molar-refractivity contribution is 7.18. The Hall–Kier alpha value is -3.40. The topological polar surface area (TPSA) is 82.6 Å². The molecule has 5 rings (SSSR count). The van der Waals surface area contributed by atoms with Crippen molar-refractivity contribution in [2.75, 3.05) is 19.6 Å². The standard InChI is InChI=1S/C24H22F2N4O3S/c1-24(16-11-15(25)8-9-17(16)26)22(32)30(23(33)28-24)13-20(31)29-10-4-5-14(12-29)21-27-18-6-2-3-7-19(18)34-21/h2-3,6-9,11,14H,4-5,10,12-13H2,1H3,(H,28,33)/t14-,24-/m1/s1. The van der Waals surface area contributed by atoms with Gasteiger partial charge in [0.25, 0.3) is 5.91 Å². The summed E-state index contributed by atoms with van der Waals surface area (Å²) in [6.07, 6.45) is 1.67. The van der Waals surface area contributed by atoms with Crippen LogP contribution in [0.5, 0.6) is 0 Å². The van der Waals surface area contributed by atoms with Crippen molar-refractivity contribution >= 4 is 39.4 Å². The number of thiazole rings is 1. The van der Waals surface area contributed by atoms with Gasteiger partial charge in [-0.3, -0.25) is 14.5 Å². The third-order valence-corrected chi connectivity index (χ3v) is 7.67. The summed E-state index contributed by atoms with van der Waals surface area (Å²) in [6.45, 7) is 1.79. The van der Waals surface area contributed by atoms with E-state index >= 15 is 0 Å². The van der Waals surface area contributed by atoms with Crippen molar-refractivity contribution in [1.29, 1.82) is 0 Å². The molecule has 2 aromatic carbocycles. The summed E-state index contributed by atoms with van der Waals surface area (Å²) in [4.78, 5) is 45.8. The molecule has 2 aliphatic heterocycles. The zero-order valence-corrected chi connectivity index (χ0v) is 19.2. The van der Waals surface area contributed by atoms with Crippen molar-refractivity contribution in [2.45, 2.75) is 31.2 Å². The first-order chi connectivity index (χ1) is 16.3. The lowest BCUT2D eigenvalue weighted by Gasteiger charge is -2.32. The lowest BCUT2D eigenvalue weighted by atomic mass is 9.91. The maximum absolute atomic E-state index is 14.4. The highest BCUT2D eigenvalue weighted by Gasteiger charge is 2.51. The normalized spacial score (nSPS) is 23.0. The predicted molar refractivity (Wildman–Crippen MR) is 122 cm³/mol. The molecule has 3 aromatic rings. The molecule has 0 aliphatic carbocycles. The molecule has 1 N–H and O–H groups in total. The first-order valence-electron chi connectivity index (χ1n) is 11.0. The zero-order valence-electron chi connectivity index (χ0n) is 18.4. The lowest BCUT2D eigenvalue weighted by molar-refractivity contribution is -0.139. The number of benzene rings is 2. The van der Waals surface area contributed by atoms with Gasteiger partial charge in [-0.2, -0.15) is 0 Å². The maximum Gasteiger partial charge on any atom is 0.325 e. The van der Waals surface area contributed by atoms with Crippen LogP contribution in [0.25, 0.3) is 10.2 Å². The third-order valence-electron chi connectivity index (χ3n) is 6.47. The smallest absolute Gasteiger partial charge is 0.325 e. The monoisotopic (exact) mass is 484 g/mol. The van der Waals surface area contributed by atoms with Gasteiger partial charge in [-0.1, -0.05) is 12.1 Å². The average Bonchev–Trinajstić information content (AvgIpc) is 3.36. The number of para-hydroxylation sites is 1. The molecule has 34 heavy (non-hydrogen) atoms. The van der Waals surface area contributed by atoms with Gasteiger partial charge in [-0.25, -0.2) is 18.6 Å². The molecular weight excluding hydrogens is 462 g/mol. The second-order valence-electron chi connectivity index (χ2n) is 8.77. The SMILES string of the molecule is C[C@]1(c2cc(F)ccc2F)NC(=O)N(CC(=O)N2CCC[C@@H](c3nc4ccccc4s3)C2)C1=O. The first kappa shape index (κ1) is 22.4. The summed E-state index contributed by atoms with van der Waals surface area (Å²) in [5, 5.41) is 3.38. The minimum atomic E-state index is -1.80. The molecule has 2 atom stereocenters. The Morgan fingerprint density at radius 3 is 2.82 bits per heavy atom. The Morgan fingerprint density at radius 1 is 1.24 bits per heavy atom. The number of nitrogens with one attached hydrogen (secondary N) is 1. The summed E-state index contributed by atoms with van der Waals surface area (Å²) < 4.78 is 29.2. The fraction of sp³-hybridized carbons (Fsp3) is 0.333. The first-order valence-corrected chi connectivity index (χ1v) is 11.8. The Balaban J connectivity index is 1.31. The van der Waals surface area contributed by atoms with Crippen LogP contribution in [-0.2, 0) is 15.1 Å². The van der Waals surface area contributed by atoms with Crippen LogP contribution in [0.1, 0.15) is 36.3 Å². The number of carbonyl (C=O) groups excluding carboxylic acids is 3. The number of nitrogens with zero attached hydrogens (tertiary/aromatic N) is 3. The fourth-order valence-corrected chi connectivity index (χ4v) is 5.70. The van der Waals surface area contributed by atoms with Gasteiger partial charge in [0.15, 0.2) is 0 Å². The van der Waals surface area contributed by atoms with E-state index in [1.165, 1.54) is 6.92 Å². The van der Waals surface area contributed by atoms with Crippen molar-refractivity contribution in [1.82, 2.24) is 20.1 Å². The van der Waals surface area contributed by atoms with E-state index < -0.39 is 35.7 Å². The molecule has 0 saturated carbocycles. The number of hydrogen-bond donors (Lipinski definition) is 1. The lowest BCUT2D eigenvalue weighted by Crippen LogP contribution is -2.47. The summed E-state index contributed by atoms with van der Waals surface area (Å²) in [5.74, 6) is -2.65. The van der Waals surface area contributed by atoms with E-state index in [0.717, 1.165) is 51.2 Å². The molecule has 2 saturated heterocycles. The number of piperidine rings is 1. The van der Waals surface area contributed by atoms with Crippen molar-refractivity contribution in [3.05, 3.63) is 64.7 Å². The van der Waals surface area contributed by atoms with E-state index in [1.54, 1.807) is 16.2 Å². The Kier molecular flexibility index (Phi) is 5.55. The van der Waals surface area contributed by atoms with Crippen LogP contribution >= 0.6 is 11.3 Å². The van der Waals surface area contributed by atoms with Crippen molar-refractivity contribution in [3.8, 4) is 0 Å². The largest absolute Gasteiger partial charge is 0.340 e. The summed E-state index contributed by atoms with van der Waals surface area (Å²) in [7, 11) is 0. The summed E-state index contributed by atoms with van der Waals surface area (Å²) in [6, 6.07) is 9.76. The second kappa shape index (κ2) is 8.43. The van der Waals surface area contributed by atoms with Crippen LogP contribution in [0.3, 0.4) is 0 Å². The fourth-order valence-electron chi connectivity index (χ4n) is 4.61. The van der Waals surface area contributed by atoms with Gasteiger partial charge in [-0.05, 0) is 50.1 Å². The van der Waals surface area contributed by atoms with Gasteiger partial charge in [0.05, 0.1) is 15.2 Å². The Bertz CT molecular complexity index is 1280. The number of imide groups is 1. The minimum Gasteiger partial charge on any atom is -0.340 e. The van der Waals surface area contributed by atoms with E-state index in [4.69, 9.17) is 4.98 Å². The van der Waals surface area contributed by atoms with Gasteiger partial charge in [0.1, 0.15) is 23.7 Å². The highest BCUT2D eigenvalue weighted by atomic mass is 32.1. The van der Waals surface area contributed by atoms with E-state index in [9.17, 15) is 23.2 Å². The summed E-state index contributed by atoms with van der Waals surface area (Å²) >= 11 is 1.61. The Morgan fingerprint density at radius 2 is 2.03 bits per heavy atom. The molecule has 0 bridgehead atoms. The molecular formula is C24H22F2N4O3S. The van der Waals surface area contributed by atoms with Crippen LogP contribution in [0.15, 0.2) is 42.5 Å². The van der Waals surface area contributed by atoms with Gasteiger partial charge in [0.2, 0.25) is 5.91 Å². The molecule has 2 fully saturated rings. The van der Waals surface area contributed by atoms with Gasteiger partial charge in [-0.15, -0.1) is 11.3 Å². The Labute approximate surface area is 198 Å². The van der Waals surface area contributed by atoms with Crippen molar-refractivity contribution < 1.29 is 23.2 Å². The number of rotatable bonds is 4. The molecule has 7 nitrogen and oxygen atoms in total. The minimum absolute atomic E-state index is 0.0739. The van der Waals surface area contributed by atoms with E-state index in [-0.39, 0.29) is 17.4 Å². The number of fused-ring (bicyclic) bond motifs is 1. The number of halogens is 2. The molecule has 2 aliphatic rings. The number of amides is 4. The highest BCUT2D eigenvalue weighted by Crippen LogP contribution is 2.34. The van der Waals surface area contributed by atoms with E-state index in [0.29, 0.717) is 13.1 Å². The molecule has 0 unspecified atom stereocenters. The number of likely N-dealkylation sites (tertiary alicyclic amines) is 1. The molecule has 0 spiro atoms. The molecule has 176 valence electrons. The molecule has 3 heterocycles. The van der Waals surface area contributed by atoms with Crippen LogP contribution in [0.4, 0.5) is 13.6 Å². The van der Waals surface area contributed by atoms with Crippen molar-refractivity contribution in [3.63, 3.8) is 0 Å². The average molecular weight is 485 g/mol. The third kappa shape index (κ3) is 3.81. The summed E-state index contributed by atoms with van der Waals surface area (Å²) in [5.41, 5.74) is -1.15. The van der Waals surface area contributed by atoms with Gasteiger partial charge < -0.3 is 10.2 Å². The quantitative estimate of drug-likeness (QED) is 0.572. The van der Waals surface area contributed by atoms with Crippen LogP contribution in [0, 0.1) is 11.6 Å². The van der Waals surface area contributed by atoms with E-state index in [2.05, 4.69) is 5.32 Å². The number of carbonyl (C=O) groups is 3. The van der Waals surface area contributed by atoms with Gasteiger partial charge >= 0.3 is 6.03 Å². The number of hydrogen-bond acceptors (Lipinski definition) is 5.